The first-order chi connectivity index (χ1) is 30.6. The molecule has 0 fully saturated rings. The number of halogens is 1. The Balaban J connectivity index is 0.000000195. The molecule has 0 radical (unpaired) electrons. The molecule has 0 saturated carbocycles. The number of fused-ring (bicyclic) bond motifs is 2. The van der Waals surface area contributed by atoms with E-state index in [2.05, 4.69) is 115 Å². The summed E-state index contributed by atoms with van der Waals surface area (Å²) in [5.74, 6) is 0.114. The molecule has 2 aliphatic carbocycles. The molecule has 2 atom stereocenters. The van der Waals surface area contributed by atoms with Crippen LogP contribution in [0.2, 0.25) is 36.3 Å². The second kappa shape index (κ2) is 18.8. The summed E-state index contributed by atoms with van der Waals surface area (Å²) in [5, 5.41) is 20.8. The lowest BCUT2D eigenvalue weighted by molar-refractivity contribution is 0.185. The van der Waals surface area contributed by atoms with Crippen LogP contribution in [-0.2, 0) is 21.7 Å². The first-order valence-electron chi connectivity index (χ1n) is 22.5. The molecule has 0 saturated heterocycles. The Kier molecular flexibility index (Phi) is 13.9. The van der Waals surface area contributed by atoms with Crippen LogP contribution in [0.4, 0.5) is 4.39 Å². The highest BCUT2D eigenvalue weighted by Crippen LogP contribution is 2.48. The average Bonchev–Trinajstić information content (AvgIpc) is 4.08. The zero-order valence-electron chi connectivity index (χ0n) is 39.9. The maximum atomic E-state index is 13.7. The van der Waals surface area contributed by atoms with Gasteiger partial charge in [-0.1, -0.05) is 77.9 Å². The predicted molar refractivity (Wildman–Crippen MR) is 270 cm³/mol. The van der Waals surface area contributed by atoms with Gasteiger partial charge in [0.05, 0.1) is 39.2 Å². The van der Waals surface area contributed by atoms with E-state index < -0.39 is 22.5 Å². The lowest BCUT2D eigenvalue weighted by atomic mass is 10.0. The summed E-state index contributed by atoms with van der Waals surface area (Å²) >= 11 is 3.24. The van der Waals surface area contributed by atoms with E-state index in [1.165, 1.54) is 39.4 Å². The van der Waals surface area contributed by atoms with Crippen LogP contribution >= 0.6 is 22.7 Å². The number of hydrogen-bond acceptors (Lipinski definition) is 9. The van der Waals surface area contributed by atoms with Gasteiger partial charge in [-0.3, -0.25) is 0 Å². The lowest BCUT2D eigenvalue weighted by Crippen LogP contribution is -2.41. The molecule has 65 heavy (non-hydrogen) atoms. The molecule has 0 bridgehead atoms. The Bertz CT molecular complexity index is 2790. The monoisotopic (exact) mass is 940 g/mol. The number of nitrogens with zero attached hydrogens (tertiary/aromatic N) is 4. The van der Waals surface area contributed by atoms with Gasteiger partial charge in [-0.25, -0.2) is 14.4 Å². The molecule has 7 nitrogen and oxygen atoms in total. The third-order valence-electron chi connectivity index (χ3n) is 13.5. The number of nitriles is 2. The smallest absolute Gasteiger partial charge is 0.192 e. The Morgan fingerprint density at radius 2 is 1.11 bits per heavy atom. The second-order valence-corrected chi connectivity index (χ2v) is 32.0. The van der Waals surface area contributed by atoms with Gasteiger partial charge in [-0.15, -0.1) is 22.7 Å². The van der Waals surface area contributed by atoms with Crippen molar-refractivity contribution in [3.8, 4) is 59.9 Å². The molecule has 12 heteroatoms. The van der Waals surface area contributed by atoms with Crippen molar-refractivity contribution in [1.29, 1.82) is 10.5 Å². The first kappa shape index (κ1) is 48.1. The molecule has 8 rings (SSSR count). The minimum Gasteiger partial charge on any atom is -0.490 e. The van der Waals surface area contributed by atoms with Crippen molar-refractivity contribution >= 4 is 39.3 Å². The predicted octanol–water partition coefficient (Wildman–Crippen LogP) is 15.6. The zero-order valence-corrected chi connectivity index (χ0v) is 43.5. The summed E-state index contributed by atoms with van der Waals surface area (Å²) in [7, 11) is -3.70. The average molecular weight is 941 g/mol. The molecule has 0 spiro atoms. The molecular weight excluding hydrogens is 880 g/mol. The standard InChI is InChI=1S/C28H34N2O2SSi.C25H27FN2OSSi/c1-18(2)31-24-13-11-19(15-20(24)16-29)27-30-17-26(33-27)23-10-8-9-22-21(23)12-14-25(22)32-34(6,7)28(3,4)5;1-25(2,3)31(4,5)29-22-12-10-18-19(22)7-6-8-20(18)23-15-28-24(30-23)16-9-11-21(26)17(13-16)14-27/h8-11,13,15,17-18,25H,12,14H2,1-7H3;6-9,11,13,15,22H,10,12H2,1-5H3/t25-;22-/m00/s1. The van der Waals surface area contributed by atoms with Crippen LogP contribution in [0.5, 0.6) is 5.75 Å². The van der Waals surface area contributed by atoms with Gasteiger partial charge in [0.15, 0.2) is 16.6 Å². The Labute approximate surface area is 395 Å². The maximum Gasteiger partial charge on any atom is 0.192 e. The highest BCUT2D eigenvalue weighted by atomic mass is 32.1. The van der Waals surface area contributed by atoms with E-state index in [0.717, 1.165) is 56.6 Å². The molecule has 2 heterocycles. The number of aromatic nitrogens is 2. The van der Waals surface area contributed by atoms with E-state index in [-0.39, 0.29) is 34.0 Å². The van der Waals surface area contributed by atoms with Crippen molar-refractivity contribution in [3.05, 3.63) is 124 Å². The fourth-order valence-electron chi connectivity index (χ4n) is 7.92. The van der Waals surface area contributed by atoms with E-state index in [4.69, 9.17) is 23.8 Å². The Hall–Kier alpha value is -4.80. The van der Waals surface area contributed by atoms with Gasteiger partial charge in [0.25, 0.3) is 0 Å². The van der Waals surface area contributed by atoms with E-state index in [0.29, 0.717) is 11.3 Å². The van der Waals surface area contributed by atoms with Crippen molar-refractivity contribution in [2.75, 3.05) is 0 Å². The SMILES string of the molecule is CC(C)(C)[Si](C)(C)O[C@H]1CCc2c(-c3cnc(-c4ccc(F)c(C#N)c4)s3)cccc21.CC(C)Oc1ccc(-c2ncc(-c3cccc4c3CC[C@@H]4O[Si](C)(C)C(C)(C)C)s2)cc1C#N. The van der Waals surface area contributed by atoms with Crippen molar-refractivity contribution in [2.45, 2.75) is 136 Å². The molecule has 0 N–H and O–H groups in total. The van der Waals surface area contributed by atoms with Gasteiger partial charge in [0, 0.05) is 23.5 Å². The molecule has 0 unspecified atom stereocenters. The summed E-state index contributed by atoms with van der Waals surface area (Å²) in [6.45, 7) is 26.9. The van der Waals surface area contributed by atoms with Crippen molar-refractivity contribution in [3.63, 3.8) is 0 Å². The Morgan fingerprint density at radius 3 is 1.54 bits per heavy atom. The summed E-state index contributed by atoms with van der Waals surface area (Å²) in [6.07, 6.45) is 8.25. The highest BCUT2D eigenvalue weighted by molar-refractivity contribution is 7.18. The summed E-state index contributed by atoms with van der Waals surface area (Å²) < 4.78 is 33.0. The van der Waals surface area contributed by atoms with Crippen LogP contribution in [-0.4, -0.2) is 32.7 Å². The molecule has 4 aromatic carbocycles. The molecule has 338 valence electrons. The molecule has 2 aliphatic rings. The highest BCUT2D eigenvalue weighted by Gasteiger charge is 2.42. The van der Waals surface area contributed by atoms with E-state index in [9.17, 15) is 9.65 Å². The van der Waals surface area contributed by atoms with Crippen LogP contribution in [0.1, 0.15) is 114 Å². The van der Waals surface area contributed by atoms with Gasteiger partial charge in [-0.05, 0) is 146 Å². The normalized spacial score (nSPS) is 16.1. The van der Waals surface area contributed by atoms with Gasteiger partial charge in [0.1, 0.15) is 33.7 Å². The Morgan fingerprint density at radius 1 is 0.662 bits per heavy atom. The van der Waals surface area contributed by atoms with Crippen LogP contribution in [0.25, 0.3) is 42.0 Å². The summed E-state index contributed by atoms with van der Waals surface area (Å²) in [5.41, 5.74) is 10.1. The topological polar surface area (TPSA) is 101 Å². The third kappa shape index (κ3) is 10.3. The molecule has 0 amide bonds. The van der Waals surface area contributed by atoms with Gasteiger partial charge < -0.3 is 13.6 Å². The largest absolute Gasteiger partial charge is 0.490 e. The van der Waals surface area contributed by atoms with E-state index in [1.54, 1.807) is 34.8 Å². The second-order valence-electron chi connectivity index (χ2n) is 20.4. The number of benzene rings is 4. The fraction of sp³-hybridized carbons (Fsp3) is 0.396. The minimum atomic E-state index is -1.86. The van der Waals surface area contributed by atoms with Gasteiger partial charge in [0.2, 0.25) is 0 Å². The zero-order chi connectivity index (χ0) is 47.1. The number of ether oxygens (including phenoxy) is 1. The number of rotatable bonds is 10. The van der Waals surface area contributed by atoms with Crippen LogP contribution < -0.4 is 4.74 Å². The quantitative estimate of drug-likeness (QED) is 0.126. The molecule has 6 aromatic rings. The minimum absolute atomic E-state index is 0.0223. The summed E-state index contributed by atoms with van der Waals surface area (Å²) in [4.78, 5) is 11.5. The summed E-state index contributed by atoms with van der Waals surface area (Å²) in [6, 6.07) is 27.5. The maximum absolute atomic E-state index is 13.7. The van der Waals surface area contributed by atoms with Crippen molar-refractivity contribution in [1.82, 2.24) is 9.97 Å². The van der Waals surface area contributed by atoms with Crippen molar-refractivity contribution in [2.24, 2.45) is 0 Å². The lowest BCUT2D eigenvalue weighted by Gasteiger charge is -2.38. The van der Waals surface area contributed by atoms with Crippen LogP contribution in [0, 0.1) is 28.5 Å². The van der Waals surface area contributed by atoms with E-state index in [1.807, 2.05) is 50.5 Å². The first-order valence-corrected chi connectivity index (χ1v) is 30.0. The molecule has 2 aromatic heterocycles. The van der Waals surface area contributed by atoms with E-state index >= 15 is 0 Å². The van der Waals surface area contributed by atoms with Crippen LogP contribution in [0.15, 0.2) is 85.2 Å². The van der Waals surface area contributed by atoms with Gasteiger partial charge >= 0.3 is 0 Å². The molecule has 0 aliphatic heterocycles. The van der Waals surface area contributed by atoms with Crippen molar-refractivity contribution < 1.29 is 18.0 Å². The fourth-order valence-corrected chi connectivity index (χ4v) is 12.5. The molecular formula is C53H61FN4O3S2Si2. The third-order valence-corrected chi connectivity index (χ3v) is 24.6. The van der Waals surface area contributed by atoms with Gasteiger partial charge in [-0.2, -0.15) is 10.5 Å². The number of hydrogen-bond donors (Lipinski definition) is 0. The van der Waals surface area contributed by atoms with Crippen LogP contribution in [0.3, 0.4) is 0 Å². The number of thiazole rings is 2.